The fraction of sp³-hybridized carbons (Fsp3) is 0.429. The summed E-state index contributed by atoms with van der Waals surface area (Å²) in [7, 11) is -3.06. The number of hydrogen-bond acceptors (Lipinski definition) is 4. The summed E-state index contributed by atoms with van der Waals surface area (Å²) < 4.78 is 24.8. The molecule has 1 saturated heterocycles. The average molecular weight is 307 g/mol. The molecule has 0 spiro atoms. The van der Waals surface area contributed by atoms with Crippen molar-refractivity contribution in [3.8, 4) is 0 Å². The topological polar surface area (TPSA) is 81.1 Å². The molecule has 3 rings (SSSR count). The molecule has 1 fully saturated rings. The number of nitrogens with zero attached hydrogens (tertiary/aromatic N) is 2. The van der Waals surface area contributed by atoms with Crippen molar-refractivity contribution in [1.82, 2.24) is 9.55 Å². The van der Waals surface area contributed by atoms with Crippen molar-refractivity contribution < 1.29 is 13.2 Å². The molecule has 0 aliphatic carbocycles. The number of benzene rings is 1. The van der Waals surface area contributed by atoms with Crippen molar-refractivity contribution in [2.45, 2.75) is 19.9 Å². The van der Waals surface area contributed by atoms with Crippen LogP contribution in [0.25, 0.3) is 11.0 Å². The standard InChI is InChI=1S/C14H17N3O3S/c1-2-17-12-6-4-3-5-11(12)15-14(17)16-13(18)10-7-8-21(19,20)9-10/h3-6,10H,2,7-9H2,1H3,(H,15,16,18). The molecule has 1 atom stereocenters. The zero-order chi connectivity index (χ0) is 15.0. The van der Waals surface area contributed by atoms with E-state index in [0.29, 0.717) is 18.9 Å². The van der Waals surface area contributed by atoms with Crippen LogP contribution in [-0.2, 0) is 21.2 Å². The molecule has 21 heavy (non-hydrogen) atoms. The first-order valence-electron chi connectivity index (χ1n) is 6.97. The lowest BCUT2D eigenvalue weighted by molar-refractivity contribution is -0.119. The first-order chi connectivity index (χ1) is 10.00. The van der Waals surface area contributed by atoms with Crippen LogP contribution in [-0.4, -0.2) is 35.4 Å². The lowest BCUT2D eigenvalue weighted by Gasteiger charge is -2.10. The van der Waals surface area contributed by atoms with Crippen molar-refractivity contribution >= 4 is 32.7 Å². The number of rotatable bonds is 3. The number of carbonyl (C=O) groups excluding carboxylic acids is 1. The maximum absolute atomic E-state index is 12.2. The van der Waals surface area contributed by atoms with Crippen LogP contribution in [0.1, 0.15) is 13.3 Å². The summed E-state index contributed by atoms with van der Waals surface area (Å²) in [5.41, 5.74) is 1.77. The number of hydrogen-bond donors (Lipinski definition) is 1. The molecule has 1 aromatic heterocycles. The number of para-hydroxylation sites is 2. The van der Waals surface area contributed by atoms with Crippen LogP contribution in [0.5, 0.6) is 0 Å². The summed E-state index contributed by atoms with van der Waals surface area (Å²) in [5, 5.41) is 2.78. The van der Waals surface area contributed by atoms with Gasteiger partial charge in [0.25, 0.3) is 0 Å². The molecule has 1 aliphatic heterocycles. The molecule has 1 aromatic carbocycles. The first-order valence-corrected chi connectivity index (χ1v) is 8.79. The monoisotopic (exact) mass is 307 g/mol. The molecule has 0 saturated carbocycles. The van der Waals surface area contributed by atoms with E-state index in [9.17, 15) is 13.2 Å². The minimum Gasteiger partial charge on any atom is -0.310 e. The van der Waals surface area contributed by atoms with E-state index in [1.807, 2.05) is 35.8 Å². The van der Waals surface area contributed by atoms with Crippen molar-refractivity contribution in [1.29, 1.82) is 0 Å². The van der Waals surface area contributed by atoms with Gasteiger partial charge in [-0.15, -0.1) is 0 Å². The molecular formula is C14H17N3O3S. The SMILES string of the molecule is CCn1c(NC(=O)C2CCS(=O)(=O)C2)nc2ccccc21. The van der Waals surface area contributed by atoms with Gasteiger partial charge in [-0.2, -0.15) is 0 Å². The summed E-state index contributed by atoms with van der Waals surface area (Å²) in [5.74, 6) is -0.227. The molecular weight excluding hydrogens is 290 g/mol. The lowest BCUT2D eigenvalue weighted by Crippen LogP contribution is -2.25. The molecule has 2 aromatic rings. The third kappa shape index (κ3) is 2.65. The van der Waals surface area contributed by atoms with E-state index in [1.54, 1.807) is 0 Å². The van der Waals surface area contributed by atoms with Crippen molar-refractivity contribution in [3.63, 3.8) is 0 Å². The minimum atomic E-state index is -3.06. The molecule has 1 amide bonds. The maximum atomic E-state index is 12.2. The molecule has 7 heteroatoms. The quantitative estimate of drug-likeness (QED) is 0.930. The van der Waals surface area contributed by atoms with Gasteiger partial charge in [-0.1, -0.05) is 12.1 Å². The van der Waals surface area contributed by atoms with Crippen molar-refractivity contribution in [3.05, 3.63) is 24.3 Å². The van der Waals surface area contributed by atoms with Gasteiger partial charge in [0.05, 0.1) is 28.5 Å². The van der Waals surface area contributed by atoms with Crippen LogP contribution in [0.4, 0.5) is 5.95 Å². The Bertz CT molecular complexity index is 795. The number of fused-ring (bicyclic) bond motifs is 1. The maximum Gasteiger partial charge on any atom is 0.230 e. The smallest absolute Gasteiger partial charge is 0.230 e. The second-order valence-electron chi connectivity index (χ2n) is 5.26. The number of carbonyl (C=O) groups is 1. The Hall–Kier alpha value is -1.89. The fourth-order valence-electron chi connectivity index (χ4n) is 2.71. The van der Waals surface area contributed by atoms with Crippen LogP contribution < -0.4 is 5.32 Å². The minimum absolute atomic E-state index is 0.0643. The highest BCUT2D eigenvalue weighted by Crippen LogP contribution is 2.23. The number of sulfone groups is 1. The number of nitrogens with one attached hydrogen (secondary N) is 1. The summed E-state index contributed by atoms with van der Waals surface area (Å²) in [6.07, 6.45) is 0.389. The number of aromatic nitrogens is 2. The van der Waals surface area contributed by atoms with Gasteiger partial charge in [0, 0.05) is 6.54 Å². The summed E-state index contributed by atoms with van der Waals surface area (Å²) in [6.45, 7) is 2.66. The van der Waals surface area contributed by atoms with Crippen LogP contribution in [0.15, 0.2) is 24.3 Å². The highest BCUT2D eigenvalue weighted by Gasteiger charge is 2.33. The van der Waals surface area contributed by atoms with Gasteiger partial charge in [-0.3, -0.25) is 10.1 Å². The van der Waals surface area contributed by atoms with E-state index < -0.39 is 15.8 Å². The predicted octanol–water partition coefficient (Wildman–Crippen LogP) is 1.43. The normalized spacial score (nSPS) is 20.7. The zero-order valence-electron chi connectivity index (χ0n) is 11.7. The van der Waals surface area contributed by atoms with Crippen LogP contribution in [0.2, 0.25) is 0 Å². The van der Waals surface area contributed by atoms with E-state index >= 15 is 0 Å². The van der Waals surface area contributed by atoms with Gasteiger partial charge in [-0.25, -0.2) is 13.4 Å². The van der Waals surface area contributed by atoms with E-state index in [4.69, 9.17) is 0 Å². The molecule has 6 nitrogen and oxygen atoms in total. The Morgan fingerprint density at radius 2 is 2.19 bits per heavy atom. The van der Waals surface area contributed by atoms with Gasteiger partial charge in [0.15, 0.2) is 9.84 Å². The molecule has 2 heterocycles. The zero-order valence-corrected chi connectivity index (χ0v) is 12.6. The molecule has 1 N–H and O–H groups in total. The largest absolute Gasteiger partial charge is 0.310 e. The Morgan fingerprint density at radius 1 is 1.43 bits per heavy atom. The summed E-state index contributed by atoms with van der Waals surface area (Å²) >= 11 is 0. The predicted molar refractivity (Wildman–Crippen MR) is 80.8 cm³/mol. The Balaban J connectivity index is 1.86. The average Bonchev–Trinajstić information content (AvgIpc) is 2.98. The van der Waals surface area contributed by atoms with Crippen molar-refractivity contribution in [2.75, 3.05) is 16.8 Å². The first kappa shape index (κ1) is 14.1. The Morgan fingerprint density at radius 3 is 2.86 bits per heavy atom. The van der Waals surface area contributed by atoms with Crippen LogP contribution >= 0.6 is 0 Å². The van der Waals surface area contributed by atoms with Gasteiger partial charge in [0.1, 0.15) is 0 Å². The van der Waals surface area contributed by atoms with E-state index in [-0.39, 0.29) is 17.4 Å². The van der Waals surface area contributed by atoms with Gasteiger partial charge in [0.2, 0.25) is 11.9 Å². The fourth-order valence-corrected chi connectivity index (χ4v) is 4.45. The van der Waals surface area contributed by atoms with Crippen molar-refractivity contribution in [2.24, 2.45) is 5.92 Å². The summed E-state index contributed by atoms with van der Waals surface area (Å²) in [4.78, 5) is 16.6. The van der Waals surface area contributed by atoms with Gasteiger partial charge < -0.3 is 4.57 Å². The van der Waals surface area contributed by atoms with E-state index in [1.165, 1.54) is 0 Å². The number of imidazole rings is 1. The third-order valence-electron chi connectivity index (χ3n) is 3.81. The second kappa shape index (κ2) is 5.14. The number of anilines is 1. The van der Waals surface area contributed by atoms with Crippen LogP contribution in [0.3, 0.4) is 0 Å². The van der Waals surface area contributed by atoms with Gasteiger partial charge in [-0.05, 0) is 25.5 Å². The summed E-state index contributed by atoms with van der Waals surface area (Å²) in [6, 6.07) is 7.65. The number of aryl methyl sites for hydroxylation is 1. The molecule has 0 bridgehead atoms. The van der Waals surface area contributed by atoms with Crippen LogP contribution in [0, 0.1) is 5.92 Å². The third-order valence-corrected chi connectivity index (χ3v) is 5.58. The highest BCUT2D eigenvalue weighted by molar-refractivity contribution is 7.91. The molecule has 1 unspecified atom stereocenters. The Labute approximate surface area is 123 Å². The van der Waals surface area contributed by atoms with Gasteiger partial charge >= 0.3 is 0 Å². The number of amides is 1. The molecule has 112 valence electrons. The van der Waals surface area contributed by atoms with E-state index in [0.717, 1.165) is 11.0 Å². The lowest BCUT2D eigenvalue weighted by atomic mass is 10.1. The molecule has 1 aliphatic rings. The molecule has 0 radical (unpaired) electrons. The van der Waals surface area contributed by atoms with E-state index in [2.05, 4.69) is 10.3 Å². The highest BCUT2D eigenvalue weighted by atomic mass is 32.2. The Kier molecular flexibility index (Phi) is 3.44. The second-order valence-corrected chi connectivity index (χ2v) is 7.49.